The van der Waals surface area contributed by atoms with E-state index in [0.717, 1.165) is 6.42 Å². The Hall–Kier alpha value is -2.23. The maximum Gasteiger partial charge on any atom is 0.270 e. The fourth-order valence-corrected chi connectivity index (χ4v) is 2.34. The number of hydrogen-bond acceptors (Lipinski definition) is 2. The number of hydrogen-bond donors (Lipinski definition) is 1. The van der Waals surface area contributed by atoms with Crippen LogP contribution in [0.15, 0.2) is 42.6 Å². The van der Waals surface area contributed by atoms with E-state index >= 15 is 0 Å². The molecule has 1 heterocycles. The molecule has 0 aliphatic rings. The zero-order valence-corrected chi connectivity index (χ0v) is 12.9. The number of likely N-dealkylation sites (N-methyl/N-ethyl adjacent to an activating group) is 1. The Morgan fingerprint density at radius 2 is 1.95 bits per heavy atom. The number of nitrogens with zero attached hydrogens (tertiary/aromatic N) is 2. The van der Waals surface area contributed by atoms with Crippen molar-refractivity contribution < 1.29 is 4.79 Å². The van der Waals surface area contributed by atoms with Gasteiger partial charge >= 0.3 is 0 Å². The second-order valence-electron chi connectivity index (χ2n) is 5.62. The van der Waals surface area contributed by atoms with E-state index in [1.165, 1.54) is 5.56 Å². The first-order valence-corrected chi connectivity index (χ1v) is 7.25. The normalized spacial score (nSPS) is 10.9. The predicted molar refractivity (Wildman–Crippen MR) is 86.3 cm³/mol. The van der Waals surface area contributed by atoms with Crippen molar-refractivity contribution in [1.29, 1.82) is 0 Å². The fraction of sp³-hybridized carbons (Fsp3) is 0.353. The predicted octanol–water partition coefficient (Wildman–Crippen LogP) is 2.97. The number of amides is 1. The van der Waals surface area contributed by atoms with Gasteiger partial charge in [-0.15, -0.1) is 0 Å². The number of anilines is 1. The van der Waals surface area contributed by atoms with Crippen LogP contribution in [0.1, 0.15) is 35.9 Å². The van der Waals surface area contributed by atoms with Crippen LogP contribution >= 0.6 is 0 Å². The van der Waals surface area contributed by atoms with Crippen LogP contribution in [0.3, 0.4) is 0 Å². The summed E-state index contributed by atoms with van der Waals surface area (Å²) < 4.78 is 1.93. The standard InChI is InChI=1S/C17H23N3O/c1-13(2)20-12-15(18)11-16(20)17(21)19(3)10-9-14-7-5-4-6-8-14/h4-8,11-13H,9-10,18H2,1-3H3. The third kappa shape index (κ3) is 3.66. The summed E-state index contributed by atoms with van der Waals surface area (Å²) in [5, 5.41) is 0. The first-order chi connectivity index (χ1) is 9.99. The van der Waals surface area contributed by atoms with Crippen molar-refractivity contribution in [2.45, 2.75) is 26.3 Å². The van der Waals surface area contributed by atoms with Crippen molar-refractivity contribution in [3.63, 3.8) is 0 Å². The average molecular weight is 285 g/mol. The molecule has 0 atom stereocenters. The molecule has 0 saturated carbocycles. The summed E-state index contributed by atoms with van der Waals surface area (Å²) in [6, 6.07) is 12.1. The van der Waals surface area contributed by atoms with E-state index in [1.54, 1.807) is 11.0 Å². The molecule has 4 heteroatoms. The van der Waals surface area contributed by atoms with Crippen molar-refractivity contribution in [2.75, 3.05) is 19.3 Å². The van der Waals surface area contributed by atoms with Crippen molar-refractivity contribution in [3.05, 3.63) is 53.9 Å². The molecule has 0 unspecified atom stereocenters. The number of carbonyl (C=O) groups is 1. The van der Waals surface area contributed by atoms with E-state index in [1.807, 2.05) is 49.9 Å². The molecule has 0 spiro atoms. The van der Waals surface area contributed by atoms with Crippen LogP contribution in [0.4, 0.5) is 5.69 Å². The topological polar surface area (TPSA) is 51.3 Å². The summed E-state index contributed by atoms with van der Waals surface area (Å²) in [7, 11) is 1.83. The van der Waals surface area contributed by atoms with E-state index in [-0.39, 0.29) is 11.9 Å². The zero-order valence-electron chi connectivity index (χ0n) is 12.9. The Morgan fingerprint density at radius 1 is 1.29 bits per heavy atom. The summed E-state index contributed by atoms with van der Waals surface area (Å²) in [4.78, 5) is 14.3. The van der Waals surface area contributed by atoms with Gasteiger partial charge in [-0.3, -0.25) is 4.79 Å². The Labute approximate surface area is 126 Å². The van der Waals surface area contributed by atoms with Crippen LogP contribution in [0.25, 0.3) is 0 Å². The first kappa shape index (κ1) is 15.2. The molecule has 0 aliphatic carbocycles. The van der Waals surface area contributed by atoms with Gasteiger partial charge in [-0.1, -0.05) is 30.3 Å². The van der Waals surface area contributed by atoms with Gasteiger partial charge in [0.25, 0.3) is 5.91 Å². The first-order valence-electron chi connectivity index (χ1n) is 7.25. The van der Waals surface area contributed by atoms with Crippen LogP contribution in [-0.4, -0.2) is 29.0 Å². The number of rotatable bonds is 5. The number of carbonyl (C=O) groups excluding carboxylic acids is 1. The van der Waals surface area contributed by atoms with Crippen molar-refractivity contribution >= 4 is 11.6 Å². The van der Waals surface area contributed by atoms with Crippen molar-refractivity contribution in [3.8, 4) is 0 Å². The van der Waals surface area contributed by atoms with E-state index in [2.05, 4.69) is 12.1 Å². The van der Waals surface area contributed by atoms with Gasteiger partial charge in [0.05, 0.1) is 5.69 Å². The Morgan fingerprint density at radius 3 is 2.57 bits per heavy atom. The van der Waals surface area contributed by atoms with E-state index < -0.39 is 0 Å². The maximum absolute atomic E-state index is 12.6. The van der Waals surface area contributed by atoms with Crippen molar-refractivity contribution in [2.24, 2.45) is 0 Å². The van der Waals surface area contributed by atoms with Gasteiger partial charge in [0.15, 0.2) is 0 Å². The number of nitrogen functional groups attached to an aromatic ring is 1. The van der Waals surface area contributed by atoms with Gasteiger partial charge < -0.3 is 15.2 Å². The molecule has 2 aromatic rings. The van der Waals surface area contributed by atoms with Crippen molar-refractivity contribution in [1.82, 2.24) is 9.47 Å². The Kier molecular flexibility index (Phi) is 4.68. The lowest BCUT2D eigenvalue weighted by molar-refractivity contribution is 0.0784. The molecule has 2 rings (SSSR count). The lowest BCUT2D eigenvalue weighted by Gasteiger charge is -2.19. The quantitative estimate of drug-likeness (QED) is 0.918. The summed E-state index contributed by atoms with van der Waals surface area (Å²) in [5.74, 6) is 0.0105. The number of benzene rings is 1. The Bertz CT molecular complexity index is 602. The number of aromatic nitrogens is 1. The summed E-state index contributed by atoms with van der Waals surface area (Å²) in [6.07, 6.45) is 2.67. The molecule has 1 aromatic heterocycles. The molecule has 4 nitrogen and oxygen atoms in total. The second-order valence-corrected chi connectivity index (χ2v) is 5.62. The Balaban J connectivity index is 2.06. The highest BCUT2D eigenvalue weighted by atomic mass is 16.2. The molecule has 2 N–H and O–H groups in total. The monoisotopic (exact) mass is 285 g/mol. The fourth-order valence-electron chi connectivity index (χ4n) is 2.34. The van der Waals surface area contributed by atoms with Crippen LogP contribution in [0.2, 0.25) is 0 Å². The third-order valence-corrected chi connectivity index (χ3v) is 3.57. The lowest BCUT2D eigenvalue weighted by Crippen LogP contribution is -2.30. The largest absolute Gasteiger partial charge is 0.397 e. The molecule has 1 aromatic carbocycles. The molecule has 1 amide bonds. The SMILES string of the molecule is CC(C)n1cc(N)cc1C(=O)N(C)CCc1ccccc1. The van der Waals surface area contributed by atoms with Gasteiger partial charge in [-0.2, -0.15) is 0 Å². The zero-order chi connectivity index (χ0) is 15.4. The lowest BCUT2D eigenvalue weighted by atomic mass is 10.1. The minimum Gasteiger partial charge on any atom is -0.397 e. The van der Waals surface area contributed by atoms with Gasteiger partial charge in [-0.05, 0) is 31.9 Å². The molecule has 112 valence electrons. The summed E-state index contributed by atoms with van der Waals surface area (Å²) in [6.45, 7) is 4.77. The van der Waals surface area contributed by atoms with E-state index in [9.17, 15) is 4.79 Å². The van der Waals surface area contributed by atoms with Crippen LogP contribution in [0.5, 0.6) is 0 Å². The molecular weight excluding hydrogens is 262 g/mol. The molecule has 0 aliphatic heterocycles. The molecule has 0 bridgehead atoms. The number of nitrogens with two attached hydrogens (primary N) is 1. The highest BCUT2D eigenvalue weighted by Crippen LogP contribution is 2.18. The van der Waals surface area contributed by atoms with Gasteiger partial charge in [0, 0.05) is 25.8 Å². The van der Waals surface area contributed by atoms with Crippen LogP contribution in [0, 0.1) is 0 Å². The highest BCUT2D eigenvalue weighted by molar-refractivity contribution is 5.93. The molecule has 0 saturated heterocycles. The molecule has 0 fully saturated rings. The molecular formula is C17H23N3O. The summed E-state index contributed by atoms with van der Waals surface area (Å²) >= 11 is 0. The average Bonchev–Trinajstić information content (AvgIpc) is 2.87. The van der Waals surface area contributed by atoms with Crippen LogP contribution in [-0.2, 0) is 6.42 Å². The molecule has 0 radical (unpaired) electrons. The van der Waals surface area contributed by atoms with E-state index in [4.69, 9.17) is 5.73 Å². The second kappa shape index (κ2) is 6.48. The van der Waals surface area contributed by atoms with Crippen LogP contribution < -0.4 is 5.73 Å². The highest BCUT2D eigenvalue weighted by Gasteiger charge is 2.18. The smallest absolute Gasteiger partial charge is 0.270 e. The minimum atomic E-state index is 0.0105. The molecule has 21 heavy (non-hydrogen) atoms. The minimum absolute atomic E-state index is 0.0105. The van der Waals surface area contributed by atoms with Gasteiger partial charge in [-0.25, -0.2) is 0 Å². The van der Waals surface area contributed by atoms with E-state index in [0.29, 0.717) is 17.9 Å². The van der Waals surface area contributed by atoms with Gasteiger partial charge in [0.2, 0.25) is 0 Å². The van der Waals surface area contributed by atoms with Gasteiger partial charge in [0.1, 0.15) is 5.69 Å². The summed E-state index contributed by atoms with van der Waals surface area (Å²) in [5.41, 5.74) is 8.34. The maximum atomic E-state index is 12.6. The third-order valence-electron chi connectivity index (χ3n) is 3.57.